The molecule has 0 aliphatic heterocycles. The van der Waals surface area contributed by atoms with Crippen LogP contribution in [0.2, 0.25) is 0 Å². The zero-order valence-electron chi connectivity index (χ0n) is 12.1. The summed E-state index contributed by atoms with van der Waals surface area (Å²) < 4.78 is 5.55. The molecular formula is C15H23NO3. The molecular weight excluding hydrogens is 242 g/mol. The molecule has 106 valence electrons. The van der Waals surface area contributed by atoms with E-state index in [1.54, 1.807) is 20.9 Å². The summed E-state index contributed by atoms with van der Waals surface area (Å²) in [5.74, 6) is 0.600. The SMILES string of the molecule is CCc1ccccc1OCC(=O)N(C)CC(C)(C)O. The third-order valence-electron chi connectivity index (χ3n) is 2.75. The Kier molecular flexibility index (Phi) is 5.36. The highest BCUT2D eigenvalue weighted by atomic mass is 16.5. The van der Waals surface area contributed by atoms with Crippen molar-refractivity contribution in [2.24, 2.45) is 0 Å². The van der Waals surface area contributed by atoms with Crippen molar-refractivity contribution in [1.29, 1.82) is 0 Å². The molecule has 0 aliphatic carbocycles. The van der Waals surface area contributed by atoms with Crippen molar-refractivity contribution in [1.82, 2.24) is 4.90 Å². The molecule has 0 spiro atoms. The van der Waals surface area contributed by atoms with Gasteiger partial charge in [0.25, 0.3) is 5.91 Å². The summed E-state index contributed by atoms with van der Waals surface area (Å²) in [6, 6.07) is 7.69. The fourth-order valence-corrected chi connectivity index (χ4v) is 1.85. The molecule has 1 amide bonds. The van der Waals surface area contributed by atoms with Crippen molar-refractivity contribution in [3.05, 3.63) is 29.8 Å². The van der Waals surface area contributed by atoms with Gasteiger partial charge in [0.1, 0.15) is 5.75 Å². The van der Waals surface area contributed by atoms with Gasteiger partial charge in [-0.05, 0) is 31.9 Å². The smallest absolute Gasteiger partial charge is 0.260 e. The van der Waals surface area contributed by atoms with Crippen LogP contribution in [-0.4, -0.2) is 41.7 Å². The van der Waals surface area contributed by atoms with E-state index in [1.165, 1.54) is 4.90 Å². The summed E-state index contributed by atoms with van der Waals surface area (Å²) in [5.41, 5.74) is 0.187. The third kappa shape index (κ3) is 5.30. The number of amides is 1. The van der Waals surface area contributed by atoms with Gasteiger partial charge in [0, 0.05) is 13.6 Å². The van der Waals surface area contributed by atoms with E-state index in [9.17, 15) is 9.90 Å². The van der Waals surface area contributed by atoms with Crippen LogP contribution in [0.5, 0.6) is 5.75 Å². The van der Waals surface area contributed by atoms with Gasteiger partial charge in [-0.15, -0.1) is 0 Å². The Balaban J connectivity index is 2.54. The number of ether oxygens (including phenoxy) is 1. The number of rotatable bonds is 6. The van der Waals surface area contributed by atoms with Gasteiger partial charge < -0.3 is 14.7 Å². The highest BCUT2D eigenvalue weighted by molar-refractivity contribution is 5.77. The van der Waals surface area contributed by atoms with Crippen LogP contribution >= 0.6 is 0 Å². The lowest BCUT2D eigenvalue weighted by Gasteiger charge is -2.25. The molecule has 0 aliphatic rings. The van der Waals surface area contributed by atoms with E-state index in [0.717, 1.165) is 17.7 Å². The first kappa shape index (κ1) is 15.5. The van der Waals surface area contributed by atoms with Crippen molar-refractivity contribution < 1.29 is 14.6 Å². The molecule has 1 aromatic rings. The van der Waals surface area contributed by atoms with Gasteiger partial charge in [-0.3, -0.25) is 4.79 Å². The summed E-state index contributed by atoms with van der Waals surface area (Å²) in [6.45, 7) is 5.66. The number of likely N-dealkylation sites (N-methyl/N-ethyl adjacent to an activating group) is 1. The van der Waals surface area contributed by atoms with Crippen molar-refractivity contribution >= 4 is 5.91 Å². The van der Waals surface area contributed by atoms with Gasteiger partial charge in [0.15, 0.2) is 6.61 Å². The molecule has 19 heavy (non-hydrogen) atoms. The summed E-state index contributed by atoms with van der Waals surface area (Å²) in [6.07, 6.45) is 0.865. The maximum atomic E-state index is 11.9. The molecule has 1 rings (SSSR count). The maximum Gasteiger partial charge on any atom is 0.260 e. The summed E-state index contributed by atoms with van der Waals surface area (Å²) in [7, 11) is 1.66. The van der Waals surface area contributed by atoms with E-state index < -0.39 is 5.60 Å². The van der Waals surface area contributed by atoms with Crippen molar-refractivity contribution in [3.63, 3.8) is 0 Å². The van der Waals surface area contributed by atoms with Crippen molar-refractivity contribution in [2.45, 2.75) is 32.8 Å². The van der Waals surface area contributed by atoms with Gasteiger partial charge in [-0.2, -0.15) is 0 Å². The molecule has 0 fully saturated rings. The standard InChI is InChI=1S/C15H23NO3/c1-5-12-8-6-7-9-13(12)19-10-14(17)16(4)11-15(2,3)18/h6-9,18H,5,10-11H2,1-4H3. The fourth-order valence-electron chi connectivity index (χ4n) is 1.85. The number of hydrogen-bond acceptors (Lipinski definition) is 3. The van der Waals surface area contributed by atoms with Gasteiger partial charge in [-0.1, -0.05) is 25.1 Å². The van der Waals surface area contributed by atoms with E-state index in [-0.39, 0.29) is 19.1 Å². The topological polar surface area (TPSA) is 49.8 Å². The second-order valence-electron chi connectivity index (χ2n) is 5.31. The lowest BCUT2D eigenvalue weighted by atomic mass is 10.1. The molecule has 0 bridgehead atoms. The van der Waals surface area contributed by atoms with Crippen LogP contribution in [0.15, 0.2) is 24.3 Å². The number of para-hydroxylation sites is 1. The highest BCUT2D eigenvalue weighted by Gasteiger charge is 2.19. The number of carbonyl (C=O) groups excluding carboxylic acids is 1. The Hall–Kier alpha value is -1.55. The normalized spacial score (nSPS) is 11.2. The van der Waals surface area contributed by atoms with Crippen LogP contribution in [0.3, 0.4) is 0 Å². The molecule has 0 saturated heterocycles. The number of benzene rings is 1. The van der Waals surface area contributed by atoms with Crippen LogP contribution in [0.4, 0.5) is 0 Å². The summed E-state index contributed by atoms with van der Waals surface area (Å²) in [5, 5.41) is 9.67. The summed E-state index contributed by atoms with van der Waals surface area (Å²) in [4.78, 5) is 13.4. The fraction of sp³-hybridized carbons (Fsp3) is 0.533. The Morgan fingerprint density at radius 2 is 2.00 bits per heavy atom. The minimum Gasteiger partial charge on any atom is -0.483 e. The van der Waals surface area contributed by atoms with E-state index in [1.807, 2.05) is 31.2 Å². The van der Waals surface area contributed by atoms with E-state index >= 15 is 0 Å². The average Bonchev–Trinajstić information content (AvgIpc) is 2.34. The predicted octanol–water partition coefficient (Wildman–Crippen LogP) is 1.86. The Bertz CT molecular complexity index is 424. The van der Waals surface area contributed by atoms with Gasteiger partial charge in [0.05, 0.1) is 5.60 Å². The quantitative estimate of drug-likeness (QED) is 0.854. The largest absolute Gasteiger partial charge is 0.483 e. The molecule has 0 atom stereocenters. The molecule has 0 aromatic heterocycles. The second-order valence-corrected chi connectivity index (χ2v) is 5.31. The van der Waals surface area contributed by atoms with Crippen LogP contribution < -0.4 is 4.74 Å². The monoisotopic (exact) mass is 265 g/mol. The maximum absolute atomic E-state index is 11.9. The minimum atomic E-state index is -0.897. The molecule has 0 saturated carbocycles. The summed E-state index contributed by atoms with van der Waals surface area (Å²) >= 11 is 0. The highest BCUT2D eigenvalue weighted by Crippen LogP contribution is 2.18. The molecule has 1 aromatic carbocycles. The zero-order valence-corrected chi connectivity index (χ0v) is 12.1. The van der Waals surface area contributed by atoms with Gasteiger partial charge >= 0.3 is 0 Å². The van der Waals surface area contributed by atoms with Gasteiger partial charge in [0.2, 0.25) is 0 Å². The number of carbonyl (C=O) groups is 1. The second kappa shape index (κ2) is 6.57. The Morgan fingerprint density at radius 1 is 1.37 bits per heavy atom. The molecule has 4 nitrogen and oxygen atoms in total. The molecule has 0 heterocycles. The Morgan fingerprint density at radius 3 is 2.58 bits per heavy atom. The molecule has 0 unspecified atom stereocenters. The third-order valence-corrected chi connectivity index (χ3v) is 2.75. The van der Waals surface area contributed by atoms with E-state index in [2.05, 4.69) is 0 Å². The van der Waals surface area contributed by atoms with Crippen LogP contribution in [0.1, 0.15) is 26.3 Å². The first-order valence-electron chi connectivity index (χ1n) is 6.50. The first-order valence-corrected chi connectivity index (χ1v) is 6.50. The van der Waals surface area contributed by atoms with Crippen molar-refractivity contribution in [3.8, 4) is 5.75 Å². The van der Waals surface area contributed by atoms with Crippen molar-refractivity contribution in [2.75, 3.05) is 20.2 Å². The lowest BCUT2D eigenvalue weighted by Crippen LogP contribution is -2.41. The molecule has 0 radical (unpaired) electrons. The predicted molar refractivity (Wildman–Crippen MR) is 75.2 cm³/mol. The van der Waals surface area contributed by atoms with E-state index in [0.29, 0.717) is 0 Å². The molecule has 1 N–H and O–H groups in total. The number of aliphatic hydroxyl groups is 1. The minimum absolute atomic E-state index is 0.0103. The zero-order chi connectivity index (χ0) is 14.5. The first-order chi connectivity index (χ1) is 8.83. The van der Waals surface area contributed by atoms with Gasteiger partial charge in [-0.25, -0.2) is 0 Å². The van der Waals surface area contributed by atoms with Crippen LogP contribution in [0, 0.1) is 0 Å². The van der Waals surface area contributed by atoms with E-state index in [4.69, 9.17) is 4.74 Å². The number of aryl methyl sites for hydroxylation is 1. The number of hydrogen-bond donors (Lipinski definition) is 1. The number of nitrogens with zero attached hydrogens (tertiary/aromatic N) is 1. The molecule has 4 heteroatoms. The van der Waals surface area contributed by atoms with Crippen LogP contribution in [-0.2, 0) is 11.2 Å². The Labute approximate surface area is 115 Å². The average molecular weight is 265 g/mol. The van der Waals surface area contributed by atoms with Crippen LogP contribution in [0.25, 0.3) is 0 Å². The lowest BCUT2D eigenvalue weighted by molar-refractivity contribution is -0.134.